The summed E-state index contributed by atoms with van der Waals surface area (Å²) in [6.07, 6.45) is -2.26. The van der Waals surface area contributed by atoms with Gasteiger partial charge in [-0.2, -0.15) is 13.2 Å². The molecule has 6 heteroatoms. The molecule has 0 aliphatic heterocycles. The molecule has 0 atom stereocenters. The van der Waals surface area contributed by atoms with Crippen LogP contribution in [0.3, 0.4) is 0 Å². The standard InChI is InChI=1S/C30H34F3NSSi/c1-19-21-10-8-9-11-22(21)25(29(2,3)4)15-23(19)27-16-24(26(17-34(27)5)30(31,32)33)28-14-20(18-35-28)12-13-36(6)7/h8-11,14-18H,12-13H2,1-7H3/q+1. The second-order valence-electron chi connectivity index (χ2n) is 11.0. The Kier molecular flexibility index (Phi) is 7.24. The fraction of sp³-hybridized carbons (Fsp3) is 0.367. The highest BCUT2D eigenvalue weighted by molar-refractivity contribution is 7.13. The van der Waals surface area contributed by atoms with E-state index in [1.165, 1.54) is 28.5 Å². The van der Waals surface area contributed by atoms with Gasteiger partial charge in [0.15, 0.2) is 6.20 Å². The molecule has 0 saturated heterocycles. The van der Waals surface area contributed by atoms with E-state index in [0.717, 1.165) is 40.2 Å². The minimum atomic E-state index is -4.44. The smallest absolute Gasteiger partial charge is 0.200 e. The topological polar surface area (TPSA) is 3.88 Å². The summed E-state index contributed by atoms with van der Waals surface area (Å²) in [4.78, 5) is 0.676. The summed E-state index contributed by atoms with van der Waals surface area (Å²) in [6.45, 7) is 13.1. The number of fused-ring (bicyclic) bond motifs is 1. The zero-order valence-corrected chi connectivity index (χ0v) is 23.9. The molecule has 0 spiro atoms. The molecule has 1 nitrogen and oxygen atoms in total. The van der Waals surface area contributed by atoms with Crippen molar-refractivity contribution in [3.63, 3.8) is 0 Å². The summed E-state index contributed by atoms with van der Waals surface area (Å²) in [7, 11) is 1.33. The predicted molar refractivity (Wildman–Crippen MR) is 148 cm³/mol. The van der Waals surface area contributed by atoms with Crippen molar-refractivity contribution >= 4 is 30.9 Å². The number of thiophene rings is 1. The summed E-state index contributed by atoms with van der Waals surface area (Å²) in [5.74, 6) is 0. The van der Waals surface area contributed by atoms with Gasteiger partial charge in [0.05, 0.1) is 0 Å². The Morgan fingerprint density at radius 1 is 0.917 bits per heavy atom. The van der Waals surface area contributed by atoms with Crippen molar-refractivity contribution in [2.75, 3.05) is 0 Å². The third-order valence-corrected chi connectivity index (χ3v) is 9.07. The summed E-state index contributed by atoms with van der Waals surface area (Å²) >= 11 is 1.41. The van der Waals surface area contributed by atoms with Crippen molar-refractivity contribution in [1.29, 1.82) is 0 Å². The van der Waals surface area contributed by atoms with Gasteiger partial charge in [-0.3, -0.25) is 0 Å². The first-order chi connectivity index (χ1) is 16.8. The highest BCUT2D eigenvalue weighted by Crippen LogP contribution is 2.42. The zero-order chi connectivity index (χ0) is 26.4. The lowest BCUT2D eigenvalue weighted by molar-refractivity contribution is -0.661. The number of rotatable bonds is 5. The average molecular weight is 526 g/mol. The first-order valence-electron chi connectivity index (χ1n) is 12.3. The Bertz CT molecular complexity index is 1410. The minimum Gasteiger partial charge on any atom is -0.200 e. The van der Waals surface area contributed by atoms with Gasteiger partial charge in [-0.25, -0.2) is 4.57 Å². The highest BCUT2D eigenvalue weighted by atomic mass is 32.1. The normalized spacial score (nSPS) is 12.6. The van der Waals surface area contributed by atoms with Crippen LogP contribution in [0.2, 0.25) is 19.1 Å². The summed E-state index contributed by atoms with van der Waals surface area (Å²) in [5, 5.41) is 4.35. The summed E-state index contributed by atoms with van der Waals surface area (Å²) in [6, 6.07) is 15.3. The van der Waals surface area contributed by atoms with E-state index >= 15 is 0 Å². The number of halogens is 3. The predicted octanol–water partition coefficient (Wildman–Crippen LogP) is 8.98. The molecule has 0 amide bonds. The van der Waals surface area contributed by atoms with Crippen LogP contribution in [0, 0.1) is 6.92 Å². The lowest BCUT2D eigenvalue weighted by Crippen LogP contribution is -2.33. The van der Waals surface area contributed by atoms with Crippen LogP contribution >= 0.6 is 11.3 Å². The SMILES string of the molecule is Cc1c(-c2cc(-c3cc(CC[Si](C)C)cs3)c(C(F)(F)F)c[n+]2C)cc(C(C)(C)C)c2ccccc12. The Hall–Kier alpha value is -2.44. The van der Waals surface area contributed by atoms with Crippen LogP contribution in [0.4, 0.5) is 13.2 Å². The van der Waals surface area contributed by atoms with Gasteiger partial charge in [0.25, 0.3) is 0 Å². The van der Waals surface area contributed by atoms with E-state index in [9.17, 15) is 13.2 Å². The largest absolute Gasteiger partial charge is 0.422 e. The molecule has 2 heterocycles. The first-order valence-corrected chi connectivity index (χ1v) is 15.9. The maximum absolute atomic E-state index is 14.2. The molecule has 0 bridgehead atoms. The zero-order valence-electron chi connectivity index (χ0n) is 22.1. The van der Waals surface area contributed by atoms with Gasteiger partial charge in [-0.1, -0.05) is 64.2 Å². The van der Waals surface area contributed by atoms with Crippen molar-refractivity contribution < 1.29 is 17.7 Å². The van der Waals surface area contributed by atoms with E-state index in [-0.39, 0.29) is 19.8 Å². The number of pyridine rings is 1. The Labute approximate surface area is 218 Å². The summed E-state index contributed by atoms with van der Waals surface area (Å²) in [5.41, 5.74) is 4.70. The van der Waals surface area contributed by atoms with Gasteiger partial charge in [-0.15, -0.1) is 11.3 Å². The number of aromatic nitrogens is 1. The van der Waals surface area contributed by atoms with E-state index in [4.69, 9.17) is 0 Å². The molecular formula is C30H34F3NSSi+. The molecule has 4 aromatic rings. The third-order valence-electron chi connectivity index (χ3n) is 6.81. The van der Waals surface area contributed by atoms with Crippen LogP contribution in [-0.2, 0) is 25.1 Å². The van der Waals surface area contributed by atoms with Gasteiger partial charge in [-0.05, 0) is 63.7 Å². The van der Waals surface area contributed by atoms with Crippen molar-refractivity contribution in [3.8, 4) is 21.7 Å². The fourth-order valence-corrected chi connectivity index (χ4v) is 6.56. The average Bonchev–Trinajstić information content (AvgIpc) is 3.26. The maximum Gasteiger partial charge on any atom is 0.422 e. The molecule has 2 aromatic heterocycles. The van der Waals surface area contributed by atoms with Crippen molar-refractivity contribution in [1.82, 2.24) is 0 Å². The molecule has 2 aromatic carbocycles. The molecule has 0 unspecified atom stereocenters. The van der Waals surface area contributed by atoms with Crippen molar-refractivity contribution in [2.24, 2.45) is 7.05 Å². The van der Waals surface area contributed by atoms with Crippen LogP contribution < -0.4 is 4.57 Å². The monoisotopic (exact) mass is 525 g/mol. The van der Waals surface area contributed by atoms with Gasteiger partial charge in [0, 0.05) is 30.9 Å². The molecule has 0 N–H and O–H groups in total. The molecular weight excluding hydrogens is 491 g/mol. The van der Waals surface area contributed by atoms with E-state index in [0.29, 0.717) is 4.88 Å². The molecule has 0 saturated carbocycles. The van der Waals surface area contributed by atoms with Crippen molar-refractivity contribution in [3.05, 3.63) is 76.3 Å². The fourth-order valence-electron chi connectivity index (χ4n) is 4.80. The van der Waals surface area contributed by atoms with E-state index < -0.39 is 11.7 Å². The molecule has 36 heavy (non-hydrogen) atoms. The lowest BCUT2D eigenvalue weighted by atomic mass is 9.80. The number of hydrogen-bond acceptors (Lipinski definition) is 1. The van der Waals surface area contributed by atoms with Crippen LogP contribution in [0.25, 0.3) is 32.5 Å². The molecule has 1 radical (unpaired) electrons. The molecule has 4 rings (SSSR count). The van der Waals surface area contributed by atoms with Crippen LogP contribution in [0.5, 0.6) is 0 Å². The second kappa shape index (κ2) is 9.79. The van der Waals surface area contributed by atoms with Gasteiger partial charge in [0.2, 0.25) is 5.69 Å². The Morgan fingerprint density at radius 3 is 2.19 bits per heavy atom. The molecule has 0 aliphatic rings. The van der Waals surface area contributed by atoms with Crippen LogP contribution in [-0.4, -0.2) is 8.80 Å². The lowest BCUT2D eigenvalue weighted by Gasteiger charge is -2.24. The number of nitrogens with zero attached hydrogens (tertiary/aromatic N) is 1. The Morgan fingerprint density at radius 2 is 1.58 bits per heavy atom. The quantitative estimate of drug-likeness (QED) is 0.181. The van der Waals surface area contributed by atoms with Crippen molar-refractivity contribution in [2.45, 2.75) is 64.8 Å². The summed E-state index contributed by atoms with van der Waals surface area (Å²) < 4.78 is 44.3. The number of alkyl halides is 3. The number of benzene rings is 2. The molecule has 0 fully saturated rings. The van der Waals surface area contributed by atoms with E-state index in [1.54, 1.807) is 17.7 Å². The third kappa shape index (κ3) is 5.30. The van der Waals surface area contributed by atoms with Crippen LogP contribution in [0.15, 0.2) is 54.0 Å². The van der Waals surface area contributed by atoms with Gasteiger partial charge >= 0.3 is 6.18 Å². The second-order valence-corrected chi connectivity index (χ2v) is 14.8. The molecule has 0 aliphatic carbocycles. The first kappa shape index (κ1) is 26.6. The van der Waals surface area contributed by atoms with Gasteiger partial charge < -0.3 is 0 Å². The number of hydrogen-bond donors (Lipinski definition) is 0. The Balaban J connectivity index is 1.96. The van der Waals surface area contributed by atoms with Gasteiger partial charge in [0.1, 0.15) is 12.6 Å². The minimum absolute atomic E-state index is 0.114. The van der Waals surface area contributed by atoms with E-state index in [1.807, 2.05) is 23.6 Å². The number of aryl methyl sites for hydroxylation is 3. The van der Waals surface area contributed by atoms with Crippen LogP contribution in [0.1, 0.15) is 43.0 Å². The maximum atomic E-state index is 14.2. The molecule has 189 valence electrons. The highest BCUT2D eigenvalue weighted by Gasteiger charge is 2.38. The van der Waals surface area contributed by atoms with E-state index in [2.05, 4.69) is 59.0 Å².